The predicted octanol–water partition coefficient (Wildman–Crippen LogP) is 10.8. The maximum Gasteiger partial charge on any atom is 0.240 e. The maximum atomic E-state index is 9.21. The number of benzene rings is 7. The maximum absolute atomic E-state index is 9.21. The van der Waals surface area contributed by atoms with Gasteiger partial charge >= 0.3 is 0 Å². The Bertz CT molecular complexity index is 3870. The molecule has 0 radical (unpaired) electrons. The first-order valence-corrected chi connectivity index (χ1v) is 15.8. The second-order valence-electron chi connectivity index (χ2n) is 11.7. The first-order chi connectivity index (χ1) is 32.0. The summed E-state index contributed by atoms with van der Waals surface area (Å²) in [4.78, 5) is 15.0. The lowest BCUT2D eigenvalue weighted by Crippen LogP contribution is -2.11. The van der Waals surface area contributed by atoms with Crippen LogP contribution in [0, 0.1) is 0 Å². The average molecular weight is 669 g/mol. The van der Waals surface area contributed by atoms with E-state index in [1.807, 2.05) is 48.5 Å². The second kappa shape index (κ2) is 10.7. The van der Waals surface area contributed by atoms with Gasteiger partial charge in [-0.2, -0.15) is 15.0 Å². The molecule has 0 saturated carbocycles. The van der Waals surface area contributed by atoms with E-state index in [0.29, 0.717) is 11.0 Å². The number of para-hydroxylation sites is 7. The van der Waals surface area contributed by atoms with E-state index in [0.717, 1.165) is 10.8 Å². The van der Waals surface area contributed by atoms with E-state index >= 15 is 0 Å². The van der Waals surface area contributed by atoms with Crippen LogP contribution in [0.4, 0.5) is 0 Å². The van der Waals surface area contributed by atoms with Crippen LogP contribution in [0.3, 0.4) is 0 Å². The molecule has 7 aromatic carbocycles. The Morgan fingerprint density at radius 1 is 0.353 bits per heavy atom. The van der Waals surface area contributed by atoms with Crippen LogP contribution in [0.2, 0.25) is 0 Å². The van der Waals surface area contributed by atoms with Gasteiger partial charge < -0.3 is 4.57 Å². The normalized spacial score (nSPS) is 16.3. The lowest BCUT2D eigenvalue weighted by molar-refractivity contribution is 0.892. The molecule has 4 aromatic heterocycles. The van der Waals surface area contributed by atoms with Crippen molar-refractivity contribution in [1.82, 2.24) is 28.7 Å². The number of aromatic nitrogens is 6. The highest BCUT2D eigenvalue weighted by Gasteiger charge is 2.22. The first kappa shape index (κ1) is 16.6. The average Bonchev–Trinajstić information content (AvgIpc) is 4.01. The molecular formula is C45H28N6. The van der Waals surface area contributed by atoms with Crippen LogP contribution in [0.1, 0.15) is 21.9 Å². The summed E-state index contributed by atoms with van der Waals surface area (Å²) in [5.41, 5.74) is 0.701. The summed E-state index contributed by atoms with van der Waals surface area (Å²) in [5.74, 6) is -0.529. The Labute approximate surface area is 314 Å². The summed E-state index contributed by atoms with van der Waals surface area (Å²) in [6.45, 7) is 0. The van der Waals surface area contributed by atoms with Gasteiger partial charge in [0, 0.05) is 37.9 Å². The van der Waals surface area contributed by atoms with Crippen LogP contribution >= 0.6 is 0 Å². The van der Waals surface area contributed by atoms with E-state index < -0.39 is 96.7 Å². The summed E-state index contributed by atoms with van der Waals surface area (Å²) in [5, 5.41) is 0.910. The molecule has 6 heteroatoms. The van der Waals surface area contributed by atoms with E-state index in [9.17, 15) is 5.48 Å². The van der Waals surface area contributed by atoms with Gasteiger partial charge in [0.05, 0.1) is 60.7 Å². The van der Waals surface area contributed by atoms with Crippen LogP contribution in [-0.2, 0) is 0 Å². The molecule has 0 fully saturated rings. The Kier molecular flexibility index (Phi) is 3.48. The molecular weight excluding hydrogens is 625 g/mol. The molecule has 51 heavy (non-hydrogen) atoms. The molecule has 0 amide bonds. The van der Waals surface area contributed by atoms with Gasteiger partial charge in [-0.25, -0.2) is 0 Å². The van der Waals surface area contributed by atoms with Crippen LogP contribution in [0.25, 0.3) is 94.4 Å². The molecule has 11 aromatic rings. The summed E-state index contributed by atoms with van der Waals surface area (Å²) in [6, 6.07) is 11.8. The van der Waals surface area contributed by atoms with Gasteiger partial charge in [-0.15, -0.1) is 0 Å². The Morgan fingerprint density at radius 3 is 1.25 bits per heavy atom. The molecule has 0 aliphatic rings. The highest BCUT2D eigenvalue weighted by atomic mass is 15.3. The Hall–Kier alpha value is -7.05. The third-order valence-electron chi connectivity index (χ3n) is 9.04. The van der Waals surface area contributed by atoms with Crippen molar-refractivity contribution in [1.29, 1.82) is 0 Å². The molecule has 11 rings (SSSR count). The quantitative estimate of drug-likeness (QED) is 0.188. The van der Waals surface area contributed by atoms with Gasteiger partial charge in [-0.05, 0) is 48.4 Å². The minimum Gasteiger partial charge on any atom is -0.309 e. The Morgan fingerprint density at radius 2 is 0.745 bits per heavy atom. The number of nitrogens with zero attached hydrogens (tertiary/aromatic N) is 6. The molecule has 0 bridgehead atoms. The molecule has 238 valence electrons. The van der Waals surface area contributed by atoms with Gasteiger partial charge in [0.2, 0.25) is 11.9 Å². The fourth-order valence-electron chi connectivity index (χ4n) is 6.95. The van der Waals surface area contributed by atoms with Crippen LogP contribution < -0.4 is 0 Å². The van der Waals surface area contributed by atoms with E-state index in [2.05, 4.69) is 0 Å². The SMILES string of the molecule is [2H]c1c([2H])c([2H])c2c(c1[2H])c1c([2H])c([2H])c([2H])c([2H])c1n2-c1nc(-c2ccccc2-n2c3c([2H])c([2H])c([2H])c([2H])c3c3c([2H])c([2H])c([2H])c([2H])c32)nc(-n2c3ccccc3c3ccccc32)n1. The van der Waals surface area contributed by atoms with E-state index in [-0.39, 0.29) is 72.6 Å². The third kappa shape index (κ3) is 4.01. The zero-order valence-electron chi connectivity index (χ0n) is 42.1. The first-order valence-electron chi connectivity index (χ1n) is 23.8. The van der Waals surface area contributed by atoms with Crippen LogP contribution in [-0.4, -0.2) is 28.7 Å². The third-order valence-corrected chi connectivity index (χ3v) is 9.04. The number of fused-ring (bicyclic) bond motifs is 9. The van der Waals surface area contributed by atoms with Crippen molar-refractivity contribution in [2.75, 3.05) is 0 Å². The smallest absolute Gasteiger partial charge is 0.240 e. The Balaban J connectivity index is 1.35. The van der Waals surface area contributed by atoms with Gasteiger partial charge in [-0.3, -0.25) is 9.13 Å². The summed E-state index contributed by atoms with van der Waals surface area (Å²) in [6.07, 6.45) is 0. The minimum absolute atomic E-state index is 0.0464. The molecule has 0 aliphatic carbocycles. The summed E-state index contributed by atoms with van der Waals surface area (Å²) in [7, 11) is 0. The highest BCUT2D eigenvalue weighted by molar-refractivity contribution is 6.11. The molecule has 0 N–H and O–H groups in total. The molecule has 0 saturated heterocycles. The van der Waals surface area contributed by atoms with Crippen molar-refractivity contribution in [3.8, 4) is 29.0 Å². The van der Waals surface area contributed by atoms with Crippen molar-refractivity contribution >= 4 is 65.4 Å². The predicted molar refractivity (Wildman–Crippen MR) is 208 cm³/mol. The largest absolute Gasteiger partial charge is 0.309 e. The van der Waals surface area contributed by atoms with Crippen molar-refractivity contribution in [3.05, 3.63) is 169 Å². The lowest BCUT2D eigenvalue weighted by Gasteiger charge is -2.16. The van der Waals surface area contributed by atoms with Gasteiger partial charge in [0.15, 0.2) is 5.82 Å². The molecule has 4 heterocycles. The zero-order chi connectivity index (χ0) is 47.4. The summed E-state index contributed by atoms with van der Waals surface area (Å²) < 4.78 is 146. The van der Waals surface area contributed by atoms with Crippen molar-refractivity contribution < 1.29 is 21.9 Å². The van der Waals surface area contributed by atoms with Gasteiger partial charge in [0.25, 0.3) is 0 Å². The van der Waals surface area contributed by atoms with E-state index in [1.165, 1.54) is 9.13 Å². The van der Waals surface area contributed by atoms with Crippen LogP contribution in [0.5, 0.6) is 0 Å². The monoisotopic (exact) mass is 668 g/mol. The lowest BCUT2D eigenvalue weighted by atomic mass is 10.1. The number of hydrogen-bond acceptors (Lipinski definition) is 3. The molecule has 0 atom stereocenters. The molecule has 0 aliphatic heterocycles. The van der Waals surface area contributed by atoms with E-state index in [1.54, 1.807) is 28.8 Å². The number of rotatable bonds is 4. The van der Waals surface area contributed by atoms with Crippen molar-refractivity contribution in [3.63, 3.8) is 0 Å². The van der Waals surface area contributed by atoms with Gasteiger partial charge in [0.1, 0.15) is 0 Å². The molecule has 0 unspecified atom stereocenters. The fraction of sp³-hybridized carbons (Fsp3) is 0. The standard InChI is InChI=1S/C45H28N6/c1-8-22-36-29(15-1)30-16-2-9-23-37(30)49(36)42-28-14-7-21-35(42)43-46-44(50-38-24-10-3-17-31(38)32-18-4-11-25-39(32)50)48-45(47-43)51-40-26-12-5-19-33(40)34-20-6-13-27-41(34)51/h1-28H/i1D,2D,3D,4D,8D,9D,10D,11D,15D,16D,17D,18D,22D,23D,24D,25D. The van der Waals surface area contributed by atoms with E-state index in [4.69, 9.17) is 31.4 Å². The zero-order valence-corrected chi connectivity index (χ0v) is 26.1. The van der Waals surface area contributed by atoms with Gasteiger partial charge in [-0.1, -0.05) is 121 Å². The summed E-state index contributed by atoms with van der Waals surface area (Å²) >= 11 is 0. The van der Waals surface area contributed by atoms with Crippen molar-refractivity contribution in [2.45, 2.75) is 0 Å². The topological polar surface area (TPSA) is 53.5 Å². The number of hydrogen-bond donors (Lipinski definition) is 0. The van der Waals surface area contributed by atoms with Crippen molar-refractivity contribution in [2.24, 2.45) is 0 Å². The minimum atomic E-state index is -0.653. The van der Waals surface area contributed by atoms with Crippen LogP contribution in [0.15, 0.2) is 169 Å². The molecule has 6 nitrogen and oxygen atoms in total. The molecule has 0 spiro atoms. The highest BCUT2D eigenvalue weighted by Crippen LogP contribution is 2.37. The fourth-order valence-corrected chi connectivity index (χ4v) is 6.95. The second-order valence-corrected chi connectivity index (χ2v) is 11.7.